The molecule has 5 heteroatoms. The van der Waals surface area contributed by atoms with Crippen LogP contribution in [0.5, 0.6) is 0 Å². The second kappa shape index (κ2) is 3.10. The summed E-state index contributed by atoms with van der Waals surface area (Å²) in [6.45, 7) is 0.929. The van der Waals surface area contributed by atoms with Crippen molar-refractivity contribution in [3.8, 4) is 0 Å². The lowest BCUT2D eigenvalue weighted by atomic mass is 10.1. The lowest BCUT2D eigenvalue weighted by Crippen LogP contribution is -2.23. The van der Waals surface area contributed by atoms with Gasteiger partial charge in [0.2, 0.25) is 0 Å². The molecule has 68 valence electrons. The summed E-state index contributed by atoms with van der Waals surface area (Å²) in [7, 11) is 0. The molecule has 2 rings (SSSR count). The fourth-order valence-corrected chi connectivity index (χ4v) is 1.38. The van der Waals surface area contributed by atoms with E-state index in [1.807, 2.05) is 0 Å². The molecule has 0 atom stereocenters. The number of hydrogen-bond acceptors (Lipinski definition) is 4. The van der Waals surface area contributed by atoms with Crippen LogP contribution in [-0.2, 0) is 17.8 Å². The summed E-state index contributed by atoms with van der Waals surface area (Å²) >= 11 is 0. The topological polar surface area (TPSA) is 72.0 Å². The third-order valence-electron chi connectivity index (χ3n) is 2.01. The van der Waals surface area contributed by atoms with Gasteiger partial charge >= 0.3 is 5.69 Å². The lowest BCUT2D eigenvalue weighted by molar-refractivity contribution is 0.103. The average molecular weight is 180 g/mol. The van der Waals surface area contributed by atoms with Gasteiger partial charge in [-0.15, -0.1) is 0 Å². The van der Waals surface area contributed by atoms with Crippen molar-refractivity contribution in [2.75, 3.05) is 6.61 Å². The van der Waals surface area contributed by atoms with Crippen molar-refractivity contribution < 1.29 is 9.53 Å². The Hall–Kier alpha value is -1.49. The predicted octanol–water partition coefficient (Wildman–Crippen LogP) is -0.345. The van der Waals surface area contributed by atoms with E-state index >= 15 is 0 Å². The zero-order valence-corrected chi connectivity index (χ0v) is 6.87. The van der Waals surface area contributed by atoms with Crippen LogP contribution in [0.1, 0.15) is 21.7 Å². The monoisotopic (exact) mass is 180 g/mol. The van der Waals surface area contributed by atoms with Gasteiger partial charge in [-0.2, -0.15) is 4.98 Å². The van der Waals surface area contributed by atoms with E-state index in [9.17, 15) is 9.59 Å². The largest absolute Gasteiger partial charge is 0.376 e. The molecule has 0 unspecified atom stereocenters. The third kappa shape index (κ3) is 1.38. The second-order valence-corrected chi connectivity index (χ2v) is 2.80. The summed E-state index contributed by atoms with van der Waals surface area (Å²) in [4.78, 5) is 27.7. The first kappa shape index (κ1) is 8.12. The highest BCUT2D eigenvalue weighted by Crippen LogP contribution is 2.14. The Morgan fingerprint density at radius 3 is 3.15 bits per heavy atom. The van der Waals surface area contributed by atoms with Gasteiger partial charge < -0.3 is 9.72 Å². The van der Waals surface area contributed by atoms with E-state index in [1.165, 1.54) is 0 Å². The fourth-order valence-electron chi connectivity index (χ4n) is 1.38. The fraction of sp³-hybridized carbons (Fsp3) is 0.375. The van der Waals surface area contributed by atoms with Gasteiger partial charge in [-0.3, -0.25) is 4.79 Å². The highest BCUT2D eigenvalue weighted by atomic mass is 16.5. The van der Waals surface area contributed by atoms with E-state index in [4.69, 9.17) is 4.74 Å². The molecule has 1 N–H and O–H groups in total. The summed E-state index contributed by atoms with van der Waals surface area (Å²) in [5.41, 5.74) is 1.20. The Morgan fingerprint density at radius 2 is 2.38 bits per heavy atom. The summed E-state index contributed by atoms with van der Waals surface area (Å²) < 4.78 is 5.16. The van der Waals surface area contributed by atoms with E-state index in [0.717, 1.165) is 5.69 Å². The molecule has 0 spiro atoms. The van der Waals surface area contributed by atoms with Crippen molar-refractivity contribution in [2.24, 2.45) is 0 Å². The van der Waals surface area contributed by atoms with Gasteiger partial charge in [-0.05, 0) is 0 Å². The quantitative estimate of drug-likeness (QED) is 0.600. The zero-order valence-electron chi connectivity index (χ0n) is 6.87. The van der Waals surface area contributed by atoms with Gasteiger partial charge in [0.05, 0.1) is 13.2 Å². The minimum absolute atomic E-state index is 0.193. The molecule has 0 amide bonds. The Morgan fingerprint density at radius 1 is 1.54 bits per heavy atom. The number of aldehydes is 1. The normalized spacial score (nSPS) is 15.1. The number of aromatic amines is 1. The molecular formula is C8H8N2O3. The van der Waals surface area contributed by atoms with Crippen molar-refractivity contribution >= 4 is 6.29 Å². The SMILES string of the molecule is O=Cc1nc(=O)[nH]c2c1COCC2. The zero-order chi connectivity index (χ0) is 9.26. The molecule has 5 nitrogen and oxygen atoms in total. The highest BCUT2D eigenvalue weighted by Gasteiger charge is 2.15. The molecule has 0 saturated carbocycles. The van der Waals surface area contributed by atoms with Crippen LogP contribution in [0.4, 0.5) is 0 Å². The smallest absolute Gasteiger partial charge is 0.345 e. The van der Waals surface area contributed by atoms with Gasteiger partial charge in [0.25, 0.3) is 0 Å². The van der Waals surface area contributed by atoms with Crippen LogP contribution in [0.25, 0.3) is 0 Å². The number of ether oxygens (including phenoxy) is 1. The van der Waals surface area contributed by atoms with Gasteiger partial charge in [0, 0.05) is 17.7 Å². The predicted molar refractivity (Wildman–Crippen MR) is 43.6 cm³/mol. The number of fused-ring (bicyclic) bond motifs is 1. The number of nitrogens with one attached hydrogen (secondary N) is 1. The van der Waals surface area contributed by atoms with Crippen LogP contribution in [0.15, 0.2) is 4.79 Å². The highest BCUT2D eigenvalue weighted by molar-refractivity contribution is 5.74. The van der Waals surface area contributed by atoms with Gasteiger partial charge in [0.15, 0.2) is 6.29 Å². The number of carbonyl (C=O) groups excluding carboxylic acids is 1. The molecule has 2 heterocycles. The van der Waals surface area contributed by atoms with Crippen molar-refractivity contribution in [1.29, 1.82) is 0 Å². The summed E-state index contributed by atoms with van der Waals surface area (Å²) in [5.74, 6) is 0. The molecule has 0 bridgehead atoms. The van der Waals surface area contributed by atoms with Gasteiger partial charge in [-0.1, -0.05) is 0 Å². The van der Waals surface area contributed by atoms with Crippen LogP contribution < -0.4 is 5.69 Å². The number of hydrogen-bond donors (Lipinski definition) is 1. The molecule has 13 heavy (non-hydrogen) atoms. The maximum atomic E-state index is 11.0. The molecular weight excluding hydrogens is 172 g/mol. The molecule has 0 saturated heterocycles. The molecule has 1 aromatic heterocycles. The Labute approximate surface area is 73.8 Å². The summed E-state index contributed by atoms with van der Waals surface area (Å²) in [6.07, 6.45) is 1.22. The first-order chi connectivity index (χ1) is 6.31. The van der Waals surface area contributed by atoms with E-state index in [-0.39, 0.29) is 5.69 Å². The first-order valence-electron chi connectivity index (χ1n) is 3.96. The van der Waals surface area contributed by atoms with Crippen LogP contribution >= 0.6 is 0 Å². The Bertz CT molecular complexity index is 397. The van der Waals surface area contributed by atoms with Gasteiger partial charge in [-0.25, -0.2) is 4.79 Å². The Kier molecular flexibility index (Phi) is 1.94. The minimum atomic E-state index is -0.470. The van der Waals surface area contributed by atoms with E-state index < -0.39 is 5.69 Å². The molecule has 1 aromatic rings. The van der Waals surface area contributed by atoms with Crippen LogP contribution in [0.3, 0.4) is 0 Å². The molecule has 0 aromatic carbocycles. The Balaban J connectivity index is 2.63. The van der Waals surface area contributed by atoms with E-state index in [1.54, 1.807) is 0 Å². The van der Waals surface area contributed by atoms with Crippen LogP contribution in [0.2, 0.25) is 0 Å². The average Bonchev–Trinajstić information content (AvgIpc) is 2.16. The van der Waals surface area contributed by atoms with Crippen molar-refractivity contribution in [3.05, 3.63) is 27.4 Å². The number of rotatable bonds is 1. The van der Waals surface area contributed by atoms with E-state index in [2.05, 4.69) is 9.97 Å². The summed E-state index contributed by atoms with van der Waals surface area (Å²) in [5, 5.41) is 0. The molecule has 0 fully saturated rings. The molecule has 0 aliphatic carbocycles. The van der Waals surface area contributed by atoms with Gasteiger partial charge in [0.1, 0.15) is 5.69 Å². The standard InChI is InChI=1S/C8H8N2O3/c11-3-7-5-4-13-2-1-6(5)9-8(12)10-7/h3H,1-2,4H2,(H,9,10,12). The first-order valence-corrected chi connectivity index (χ1v) is 3.96. The number of aromatic nitrogens is 2. The molecule has 0 radical (unpaired) electrons. The number of nitrogens with zero attached hydrogens (tertiary/aromatic N) is 1. The second-order valence-electron chi connectivity index (χ2n) is 2.80. The van der Waals surface area contributed by atoms with Crippen molar-refractivity contribution in [3.63, 3.8) is 0 Å². The molecule has 1 aliphatic rings. The number of H-pyrrole nitrogens is 1. The summed E-state index contributed by atoms with van der Waals surface area (Å²) in [6, 6.07) is 0. The third-order valence-corrected chi connectivity index (χ3v) is 2.01. The lowest BCUT2D eigenvalue weighted by Gasteiger charge is -2.15. The van der Waals surface area contributed by atoms with Crippen LogP contribution in [-0.4, -0.2) is 22.9 Å². The maximum absolute atomic E-state index is 11.0. The maximum Gasteiger partial charge on any atom is 0.345 e. The van der Waals surface area contributed by atoms with E-state index in [0.29, 0.717) is 31.5 Å². The minimum Gasteiger partial charge on any atom is -0.376 e. The molecule has 1 aliphatic heterocycles. The number of carbonyl (C=O) groups is 1. The van der Waals surface area contributed by atoms with Crippen molar-refractivity contribution in [2.45, 2.75) is 13.0 Å². The van der Waals surface area contributed by atoms with Crippen molar-refractivity contribution in [1.82, 2.24) is 9.97 Å². The van der Waals surface area contributed by atoms with Crippen LogP contribution in [0, 0.1) is 0 Å².